The molecule has 3 N–H and O–H groups in total. The lowest BCUT2D eigenvalue weighted by Crippen LogP contribution is -2.30. The minimum absolute atomic E-state index is 0.0712. The Morgan fingerprint density at radius 3 is 2.07 bits per heavy atom. The van der Waals surface area contributed by atoms with Crippen molar-refractivity contribution in [1.82, 2.24) is 16.0 Å². The molecule has 1 aliphatic heterocycles. The maximum atomic E-state index is 12.5. The van der Waals surface area contributed by atoms with Crippen LogP contribution in [-0.2, 0) is 4.79 Å². The summed E-state index contributed by atoms with van der Waals surface area (Å²) in [5.74, 6) is 0.0712. The fraction of sp³-hybridized carbons (Fsp3) is 0.391. The largest absolute Gasteiger partial charge is 0.345 e. The van der Waals surface area contributed by atoms with Crippen molar-refractivity contribution in [3.8, 4) is 0 Å². The van der Waals surface area contributed by atoms with Crippen LogP contribution in [0.4, 0.5) is 4.79 Å². The fourth-order valence-corrected chi connectivity index (χ4v) is 3.67. The van der Waals surface area contributed by atoms with Gasteiger partial charge in [0.15, 0.2) is 0 Å². The van der Waals surface area contributed by atoms with E-state index in [9.17, 15) is 9.59 Å². The van der Waals surface area contributed by atoms with Crippen molar-refractivity contribution in [3.05, 3.63) is 71.8 Å². The minimum atomic E-state index is -0.129. The van der Waals surface area contributed by atoms with Crippen LogP contribution in [0.5, 0.6) is 0 Å². The summed E-state index contributed by atoms with van der Waals surface area (Å²) in [6, 6.07) is 20.3. The van der Waals surface area contributed by atoms with E-state index in [1.165, 1.54) is 0 Å². The SMILES string of the molecule is C[C@@H]1NC(=O)N[C@@H]1CCCCCC(=O)NC(c1ccccc1)c1ccccc1. The molecule has 0 radical (unpaired) electrons. The van der Waals surface area contributed by atoms with Gasteiger partial charge in [0.05, 0.1) is 12.1 Å². The van der Waals surface area contributed by atoms with Gasteiger partial charge < -0.3 is 16.0 Å². The number of unbranched alkanes of at least 4 members (excludes halogenated alkanes) is 2. The van der Waals surface area contributed by atoms with E-state index in [1.54, 1.807) is 0 Å². The lowest BCUT2D eigenvalue weighted by atomic mass is 9.98. The number of nitrogens with one attached hydrogen (secondary N) is 3. The molecule has 1 aliphatic rings. The summed E-state index contributed by atoms with van der Waals surface area (Å²) < 4.78 is 0. The van der Waals surface area contributed by atoms with Crippen LogP contribution in [0.1, 0.15) is 56.2 Å². The number of hydrogen-bond donors (Lipinski definition) is 3. The van der Waals surface area contributed by atoms with Gasteiger partial charge in [0.1, 0.15) is 0 Å². The molecule has 3 amide bonds. The first-order valence-corrected chi connectivity index (χ1v) is 10.1. The maximum Gasteiger partial charge on any atom is 0.315 e. The van der Waals surface area contributed by atoms with Crippen LogP contribution in [0.2, 0.25) is 0 Å². The Morgan fingerprint density at radius 1 is 0.929 bits per heavy atom. The van der Waals surface area contributed by atoms with Gasteiger partial charge in [-0.15, -0.1) is 0 Å². The minimum Gasteiger partial charge on any atom is -0.345 e. The van der Waals surface area contributed by atoms with E-state index < -0.39 is 0 Å². The molecule has 5 heteroatoms. The molecule has 0 aromatic heterocycles. The molecule has 148 valence electrons. The monoisotopic (exact) mass is 379 g/mol. The lowest BCUT2D eigenvalue weighted by molar-refractivity contribution is -0.121. The third-order valence-corrected chi connectivity index (χ3v) is 5.27. The highest BCUT2D eigenvalue weighted by Gasteiger charge is 2.26. The molecular weight excluding hydrogens is 350 g/mol. The third-order valence-electron chi connectivity index (χ3n) is 5.27. The van der Waals surface area contributed by atoms with Crippen molar-refractivity contribution in [3.63, 3.8) is 0 Å². The number of hydrogen-bond acceptors (Lipinski definition) is 2. The fourth-order valence-electron chi connectivity index (χ4n) is 3.67. The van der Waals surface area contributed by atoms with E-state index in [2.05, 4.69) is 16.0 Å². The Balaban J connectivity index is 1.46. The molecule has 5 nitrogen and oxygen atoms in total. The molecule has 1 fully saturated rings. The van der Waals surface area contributed by atoms with Crippen LogP contribution in [0.25, 0.3) is 0 Å². The van der Waals surface area contributed by atoms with Gasteiger partial charge in [0.25, 0.3) is 0 Å². The van der Waals surface area contributed by atoms with Crippen molar-refractivity contribution >= 4 is 11.9 Å². The van der Waals surface area contributed by atoms with Gasteiger partial charge in [-0.1, -0.05) is 73.5 Å². The Morgan fingerprint density at radius 2 is 1.54 bits per heavy atom. The molecular formula is C23H29N3O2. The van der Waals surface area contributed by atoms with Crippen LogP contribution in [0, 0.1) is 0 Å². The molecule has 28 heavy (non-hydrogen) atoms. The zero-order valence-corrected chi connectivity index (χ0v) is 16.4. The molecule has 0 bridgehead atoms. The van der Waals surface area contributed by atoms with E-state index in [0.717, 1.165) is 36.8 Å². The van der Waals surface area contributed by atoms with Crippen molar-refractivity contribution in [2.24, 2.45) is 0 Å². The summed E-state index contributed by atoms with van der Waals surface area (Å²) in [5, 5.41) is 8.99. The lowest BCUT2D eigenvalue weighted by Gasteiger charge is -2.20. The standard InChI is InChI=1S/C23H29N3O2/c1-17-20(25-23(28)24-17)15-9-4-10-16-21(27)26-22(18-11-5-2-6-12-18)19-13-7-3-8-14-19/h2-3,5-8,11-14,17,20,22H,4,9-10,15-16H2,1H3,(H,26,27)(H2,24,25,28)/t17-,20+/m0/s1. The highest BCUT2D eigenvalue weighted by Crippen LogP contribution is 2.22. The van der Waals surface area contributed by atoms with E-state index in [0.29, 0.717) is 6.42 Å². The molecule has 1 heterocycles. The number of carbonyl (C=O) groups is 2. The predicted octanol–water partition coefficient (Wildman–Crippen LogP) is 3.91. The predicted molar refractivity (Wildman–Crippen MR) is 111 cm³/mol. The number of rotatable bonds is 9. The number of carbonyl (C=O) groups excluding carboxylic acids is 2. The average Bonchev–Trinajstić information content (AvgIpc) is 3.04. The Hall–Kier alpha value is -2.82. The van der Waals surface area contributed by atoms with Gasteiger partial charge in [-0.3, -0.25) is 4.79 Å². The van der Waals surface area contributed by atoms with E-state index in [1.807, 2.05) is 67.6 Å². The van der Waals surface area contributed by atoms with Crippen LogP contribution < -0.4 is 16.0 Å². The van der Waals surface area contributed by atoms with Gasteiger partial charge >= 0.3 is 6.03 Å². The van der Waals surface area contributed by atoms with Crippen LogP contribution in [-0.4, -0.2) is 24.0 Å². The van der Waals surface area contributed by atoms with Crippen molar-refractivity contribution in [2.75, 3.05) is 0 Å². The Labute approximate surface area is 166 Å². The molecule has 2 atom stereocenters. The molecule has 2 aromatic rings. The summed E-state index contributed by atoms with van der Waals surface area (Å²) in [4.78, 5) is 23.8. The molecule has 1 saturated heterocycles. The van der Waals surface area contributed by atoms with Gasteiger partial charge in [-0.05, 0) is 30.9 Å². The maximum absolute atomic E-state index is 12.5. The topological polar surface area (TPSA) is 70.2 Å². The van der Waals surface area contributed by atoms with Crippen LogP contribution in [0.15, 0.2) is 60.7 Å². The number of benzene rings is 2. The quantitative estimate of drug-likeness (QED) is 0.578. The zero-order valence-electron chi connectivity index (χ0n) is 16.4. The zero-order chi connectivity index (χ0) is 19.8. The Bertz CT molecular complexity index is 724. The first-order chi connectivity index (χ1) is 13.6. The summed E-state index contributed by atoms with van der Waals surface area (Å²) in [5.41, 5.74) is 2.17. The number of amides is 3. The first-order valence-electron chi connectivity index (χ1n) is 10.1. The number of urea groups is 1. The van der Waals surface area contributed by atoms with Gasteiger partial charge in [-0.2, -0.15) is 0 Å². The van der Waals surface area contributed by atoms with Gasteiger partial charge in [0.2, 0.25) is 5.91 Å². The first kappa shape index (κ1) is 19.9. The molecule has 0 saturated carbocycles. The van der Waals surface area contributed by atoms with Gasteiger partial charge in [-0.25, -0.2) is 4.79 Å². The third kappa shape index (κ3) is 5.59. The average molecular weight is 380 g/mol. The van der Waals surface area contributed by atoms with Crippen molar-refractivity contribution < 1.29 is 9.59 Å². The second-order valence-electron chi connectivity index (χ2n) is 7.43. The van der Waals surface area contributed by atoms with Crippen molar-refractivity contribution in [2.45, 2.75) is 57.2 Å². The normalized spacial score (nSPS) is 18.6. The highest BCUT2D eigenvalue weighted by atomic mass is 16.2. The van der Waals surface area contributed by atoms with Crippen LogP contribution >= 0.6 is 0 Å². The van der Waals surface area contributed by atoms with Crippen LogP contribution in [0.3, 0.4) is 0 Å². The van der Waals surface area contributed by atoms with E-state index in [-0.39, 0.29) is 30.1 Å². The summed E-state index contributed by atoms with van der Waals surface area (Å²) >= 11 is 0. The smallest absolute Gasteiger partial charge is 0.315 e. The summed E-state index contributed by atoms with van der Waals surface area (Å²) in [6.07, 6.45) is 4.29. The highest BCUT2D eigenvalue weighted by molar-refractivity contribution is 5.77. The van der Waals surface area contributed by atoms with Gasteiger partial charge in [0, 0.05) is 12.5 Å². The molecule has 0 unspecified atom stereocenters. The van der Waals surface area contributed by atoms with E-state index in [4.69, 9.17) is 0 Å². The molecule has 0 aliphatic carbocycles. The van der Waals surface area contributed by atoms with E-state index >= 15 is 0 Å². The molecule has 3 rings (SSSR count). The summed E-state index contributed by atoms with van der Waals surface area (Å²) in [7, 11) is 0. The Kier molecular flexibility index (Phi) is 7.06. The second-order valence-corrected chi connectivity index (χ2v) is 7.43. The molecule has 2 aromatic carbocycles. The summed E-state index contributed by atoms with van der Waals surface area (Å²) in [6.45, 7) is 2.02. The molecule has 0 spiro atoms. The second kappa shape index (κ2) is 9.93. The van der Waals surface area contributed by atoms with Crippen molar-refractivity contribution in [1.29, 1.82) is 0 Å².